The predicted octanol–water partition coefficient (Wildman–Crippen LogP) is 1.52. The van der Waals surface area contributed by atoms with Gasteiger partial charge in [0, 0.05) is 19.0 Å². The van der Waals surface area contributed by atoms with Crippen molar-refractivity contribution < 1.29 is 4.52 Å². The normalized spacial score (nSPS) is 15.3. The molecule has 18 heavy (non-hydrogen) atoms. The molecule has 1 N–H and O–H groups in total. The molecule has 5 nitrogen and oxygen atoms in total. The van der Waals surface area contributed by atoms with Crippen LogP contribution in [0, 0.1) is 5.92 Å². The zero-order valence-corrected chi connectivity index (χ0v) is 12.4. The standard InChI is InChI=1S/C13H26N4O/c1-9(2)12(10(3)14-4)13-15-11(16-18-13)7-8-17(5)6/h9-10,12,14H,7-8H2,1-6H3. The first kappa shape index (κ1) is 15.1. The minimum atomic E-state index is 0.260. The molecule has 0 saturated carbocycles. The van der Waals surface area contributed by atoms with Gasteiger partial charge in [-0.05, 0) is 34.0 Å². The average molecular weight is 254 g/mol. The molecule has 0 aliphatic rings. The second-order valence-electron chi connectivity index (χ2n) is 5.45. The maximum absolute atomic E-state index is 5.42. The Morgan fingerprint density at radius 3 is 2.44 bits per heavy atom. The van der Waals surface area contributed by atoms with Gasteiger partial charge in [0.2, 0.25) is 5.89 Å². The second kappa shape index (κ2) is 6.85. The van der Waals surface area contributed by atoms with Crippen LogP contribution in [-0.2, 0) is 6.42 Å². The Morgan fingerprint density at radius 2 is 1.94 bits per heavy atom. The van der Waals surface area contributed by atoms with Crippen LogP contribution in [0.15, 0.2) is 4.52 Å². The fourth-order valence-electron chi connectivity index (χ4n) is 2.08. The molecule has 1 rings (SSSR count). The highest BCUT2D eigenvalue weighted by molar-refractivity contribution is 5.00. The zero-order chi connectivity index (χ0) is 13.7. The van der Waals surface area contributed by atoms with Crippen molar-refractivity contribution in [2.45, 2.75) is 39.2 Å². The van der Waals surface area contributed by atoms with E-state index in [0.717, 1.165) is 24.7 Å². The lowest BCUT2D eigenvalue weighted by Gasteiger charge is -2.23. The SMILES string of the molecule is CNC(C)C(c1nc(CCN(C)C)no1)C(C)C. The van der Waals surface area contributed by atoms with Gasteiger partial charge in [0.15, 0.2) is 5.82 Å². The van der Waals surface area contributed by atoms with Crippen molar-refractivity contribution >= 4 is 0 Å². The van der Waals surface area contributed by atoms with Crippen molar-refractivity contribution in [3.63, 3.8) is 0 Å². The van der Waals surface area contributed by atoms with Gasteiger partial charge in [0.1, 0.15) is 0 Å². The molecule has 1 aromatic rings. The lowest BCUT2D eigenvalue weighted by molar-refractivity contribution is 0.284. The van der Waals surface area contributed by atoms with E-state index in [1.807, 2.05) is 21.1 Å². The molecule has 0 bridgehead atoms. The first-order valence-corrected chi connectivity index (χ1v) is 6.60. The van der Waals surface area contributed by atoms with Gasteiger partial charge in [0.25, 0.3) is 0 Å². The van der Waals surface area contributed by atoms with Crippen molar-refractivity contribution in [3.05, 3.63) is 11.7 Å². The van der Waals surface area contributed by atoms with Crippen molar-refractivity contribution in [2.75, 3.05) is 27.7 Å². The van der Waals surface area contributed by atoms with Gasteiger partial charge in [-0.25, -0.2) is 0 Å². The average Bonchev–Trinajstić information content (AvgIpc) is 2.74. The number of nitrogens with one attached hydrogen (secondary N) is 1. The summed E-state index contributed by atoms with van der Waals surface area (Å²) in [5.41, 5.74) is 0. The van der Waals surface area contributed by atoms with E-state index in [1.165, 1.54) is 0 Å². The summed E-state index contributed by atoms with van der Waals surface area (Å²) in [6.07, 6.45) is 0.829. The summed E-state index contributed by atoms with van der Waals surface area (Å²) < 4.78 is 5.42. The third-order valence-corrected chi connectivity index (χ3v) is 3.26. The van der Waals surface area contributed by atoms with E-state index in [2.05, 4.69) is 41.1 Å². The van der Waals surface area contributed by atoms with Crippen LogP contribution >= 0.6 is 0 Å². The summed E-state index contributed by atoms with van der Waals surface area (Å²) in [5, 5.41) is 7.34. The van der Waals surface area contributed by atoms with E-state index < -0.39 is 0 Å². The predicted molar refractivity (Wildman–Crippen MR) is 72.7 cm³/mol. The van der Waals surface area contributed by atoms with E-state index in [4.69, 9.17) is 4.52 Å². The smallest absolute Gasteiger partial charge is 0.231 e. The number of hydrogen-bond acceptors (Lipinski definition) is 5. The van der Waals surface area contributed by atoms with E-state index in [-0.39, 0.29) is 5.92 Å². The molecule has 0 fully saturated rings. The minimum Gasteiger partial charge on any atom is -0.339 e. The Labute approximate surface area is 110 Å². The molecular formula is C13H26N4O. The first-order valence-electron chi connectivity index (χ1n) is 6.60. The summed E-state index contributed by atoms with van der Waals surface area (Å²) in [7, 11) is 6.05. The Morgan fingerprint density at radius 1 is 1.28 bits per heavy atom. The zero-order valence-electron chi connectivity index (χ0n) is 12.4. The molecule has 0 aliphatic heterocycles. The summed E-state index contributed by atoms with van der Waals surface area (Å²) in [6.45, 7) is 7.45. The summed E-state index contributed by atoms with van der Waals surface area (Å²) in [5.74, 6) is 2.28. The van der Waals surface area contributed by atoms with Crippen molar-refractivity contribution in [1.82, 2.24) is 20.4 Å². The summed E-state index contributed by atoms with van der Waals surface area (Å²) >= 11 is 0. The van der Waals surface area contributed by atoms with Gasteiger partial charge < -0.3 is 14.7 Å². The molecular weight excluding hydrogens is 228 g/mol. The van der Waals surface area contributed by atoms with E-state index in [0.29, 0.717) is 12.0 Å². The van der Waals surface area contributed by atoms with Crippen LogP contribution in [0.25, 0.3) is 0 Å². The molecule has 104 valence electrons. The van der Waals surface area contributed by atoms with Gasteiger partial charge >= 0.3 is 0 Å². The van der Waals surface area contributed by atoms with E-state index >= 15 is 0 Å². The van der Waals surface area contributed by atoms with Crippen LogP contribution in [0.2, 0.25) is 0 Å². The second-order valence-corrected chi connectivity index (χ2v) is 5.45. The molecule has 1 aromatic heterocycles. The molecule has 0 aromatic carbocycles. The maximum Gasteiger partial charge on any atom is 0.231 e. The van der Waals surface area contributed by atoms with Crippen molar-refractivity contribution in [1.29, 1.82) is 0 Å². The monoisotopic (exact) mass is 254 g/mol. The Kier molecular flexibility index (Phi) is 5.75. The van der Waals surface area contributed by atoms with E-state index in [1.54, 1.807) is 0 Å². The largest absolute Gasteiger partial charge is 0.339 e. The van der Waals surface area contributed by atoms with E-state index in [9.17, 15) is 0 Å². The molecule has 1 heterocycles. The lowest BCUT2D eigenvalue weighted by Crippen LogP contribution is -2.32. The molecule has 0 saturated heterocycles. The van der Waals surface area contributed by atoms with Gasteiger partial charge in [-0.1, -0.05) is 19.0 Å². The number of hydrogen-bond donors (Lipinski definition) is 1. The fraction of sp³-hybridized carbons (Fsp3) is 0.846. The number of nitrogens with zero attached hydrogens (tertiary/aromatic N) is 3. The van der Waals surface area contributed by atoms with Gasteiger partial charge in [-0.2, -0.15) is 4.98 Å². The molecule has 5 heteroatoms. The Balaban J connectivity index is 2.75. The molecule has 0 radical (unpaired) electrons. The number of aromatic nitrogens is 2. The Bertz CT molecular complexity index is 349. The molecule has 0 spiro atoms. The topological polar surface area (TPSA) is 54.2 Å². The molecule has 0 amide bonds. The third-order valence-electron chi connectivity index (χ3n) is 3.26. The van der Waals surface area contributed by atoms with Crippen LogP contribution in [0.4, 0.5) is 0 Å². The lowest BCUT2D eigenvalue weighted by atomic mass is 9.89. The van der Waals surface area contributed by atoms with Crippen LogP contribution in [0.3, 0.4) is 0 Å². The Hall–Kier alpha value is -0.940. The highest BCUT2D eigenvalue weighted by Crippen LogP contribution is 2.26. The van der Waals surface area contributed by atoms with Gasteiger partial charge in [0.05, 0.1) is 5.92 Å². The van der Waals surface area contributed by atoms with Gasteiger partial charge in [-0.3, -0.25) is 0 Å². The van der Waals surface area contributed by atoms with Crippen LogP contribution in [0.1, 0.15) is 38.4 Å². The quantitative estimate of drug-likeness (QED) is 0.799. The number of rotatable bonds is 7. The highest BCUT2D eigenvalue weighted by Gasteiger charge is 2.27. The number of likely N-dealkylation sites (N-methyl/N-ethyl adjacent to an activating group) is 2. The third kappa shape index (κ3) is 4.07. The van der Waals surface area contributed by atoms with Crippen LogP contribution in [0.5, 0.6) is 0 Å². The van der Waals surface area contributed by atoms with Crippen LogP contribution in [-0.4, -0.2) is 48.8 Å². The molecule has 2 atom stereocenters. The minimum absolute atomic E-state index is 0.260. The highest BCUT2D eigenvalue weighted by atomic mass is 16.5. The first-order chi connectivity index (χ1) is 8.45. The van der Waals surface area contributed by atoms with Crippen LogP contribution < -0.4 is 5.32 Å². The summed E-state index contributed by atoms with van der Waals surface area (Å²) in [4.78, 5) is 6.65. The molecule has 2 unspecified atom stereocenters. The summed E-state index contributed by atoms with van der Waals surface area (Å²) in [6, 6.07) is 0.326. The maximum atomic E-state index is 5.42. The van der Waals surface area contributed by atoms with Crippen molar-refractivity contribution in [2.24, 2.45) is 5.92 Å². The fourth-order valence-corrected chi connectivity index (χ4v) is 2.08. The van der Waals surface area contributed by atoms with Crippen molar-refractivity contribution in [3.8, 4) is 0 Å². The van der Waals surface area contributed by atoms with Gasteiger partial charge in [-0.15, -0.1) is 0 Å². The molecule has 0 aliphatic carbocycles.